The topological polar surface area (TPSA) is 23.6 Å². The quantitative estimate of drug-likeness (QED) is 0.563. The first-order valence-electron chi connectivity index (χ1n) is 11.1. The van der Waals surface area contributed by atoms with Crippen LogP contribution >= 0.6 is 0 Å². The number of carbonyl (C=O) groups excluding carboxylic acids is 1. The van der Waals surface area contributed by atoms with Gasteiger partial charge >= 0.3 is 0 Å². The summed E-state index contributed by atoms with van der Waals surface area (Å²) in [7, 11) is 0. The van der Waals surface area contributed by atoms with Gasteiger partial charge in [0.05, 0.1) is 11.4 Å². The lowest BCUT2D eigenvalue weighted by Crippen LogP contribution is -2.32. The van der Waals surface area contributed by atoms with Crippen LogP contribution in [-0.2, 0) is 19.4 Å². The second-order valence-corrected chi connectivity index (χ2v) is 8.39. The van der Waals surface area contributed by atoms with Crippen molar-refractivity contribution in [1.82, 2.24) is 4.90 Å². The van der Waals surface area contributed by atoms with Crippen molar-refractivity contribution in [3.63, 3.8) is 0 Å². The molecule has 0 aromatic heterocycles. The van der Waals surface area contributed by atoms with Crippen LogP contribution in [0.15, 0.2) is 72.8 Å². The number of para-hydroxylation sites is 2. The molecular weight excluding hydrogens is 368 g/mol. The number of hydrogen-bond acceptors (Lipinski definition) is 2. The highest BCUT2D eigenvalue weighted by Crippen LogP contribution is 2.37. The van der Waals surface area contributed by atoms with Crippen LogP contribution < -0.4 is 4.90 Å². The number of nitrogens with zero attached hydrogens (tertiary/aromatic N) is 2. The molecule has 3 aromatic carbocycles. The van der Waals surface area contributed by atoms with Gasteiger partial charge in [0.15, 0.2) is 0 Å². The summed E-state index contributed by atoms with van der Waals surface area (Å²) in [6.45, 7) is 3.09. The van der Waals surface area contributed by atoms with Gasteiger partial charge in [-0.25, -0.2) is 0 Å². The molecule has 0 spiro atoms. The first kappa shape index (κ1) is 19.1. The number of aryl methyl sites for hydroxylation is 2. The molecular formula is C27H28N2O. The number of amides is 1. The van der Waals surface area contributed by atoms with E-state index in [1.807, 2.05) is 29.2 Å². The molecule has 2 aliphatic heterocycles. The minimum absolute atomic E-state index is 0.0735. The molecule has 2 heterocycles. The van der Waals surface area contributed by atoms with E-state index in [1.165, 1.54) is 30.4 Å². The Morgan fingerprint density at radius 2 is 1.27 bits per heavy atom. The second kappa shape index (κ2) is 8.45. The minimum atomic E-state index is 0.0735. The van der Waals surface area contributed by atoms with Gasteiger partial charge in [-0.15, -0.1) is 0 Å². The number of anilines is 2. The monoisotopic (exact) mass is 396 g/mol. The number of likely N-dealkylation sites (tertiary alicyclic amines) is 1. The molecule has 3 heteroatoms. The lowest BCUT2D eigenvalue weighted by atomic mass is 10.0. The summed E-state index contributed by atoms with van der Waals surface area (Å²) in [6.07, 6.45) is 5.73. The normalized spacial score (nSPS) is 16.5. The summed E-state index contributed by atoms with van der Waals surface area (Å²) in [5.74, 6) is 0.0735. The predicted molar refractivity (Wildman–Crippen MR) is 122 cm³/mol. The highest BCUT2D eigenvalue weighted by molar-refractivity contribution is 6.12. The van der Waals surface area contributed by atoms with Gasteiger partial charge in [0.1, 0.15) is 0 Å². The maximum atomic E-state index is 14.0. The van der Waals surface area contributed by atoms with Gasteiger partial charge in [0.2, 0.25) is 0 Å². The number of benzene rings is 3. The standard InChI is InChI=1S/C27H28N2O/c30-27(24-13-5-2-12-23(24)20-28-18-8-1-9-19-28)29-25-14-6-3-10-21(25)16-17-22-11-4-7-15-26(22)29/h2-7,10-15H,1,8-9,16-20H2. The van der Waals surface area contributed by atoms with Crippen LogP contribution in [0.5, 0.6) is 0 Å². The van der Waals surface area contributed by atoms with Crippen LogP contribution in [0.1, 0.15) is 46.3 Å². The summed E-state index contributed by atoms with van der Waals surface area (Å²) in [6, 6.07) is 24.9. The average molecular weight is 397 g/mol. The van der Waals surface area contributed by atoms with Crippen molar-refractivity contribution >= 4 is 17.3 Å². The molecule has 152 valence electrons. The first-order valence-corrected chi connectivity index (χ1v) is 11.1. The number of carbonyl (C=O) groups is 1. The van der Waals surface area contributed by atoms with Crippen molar-refractivity contribution in [2.75, 3.05) is 18.0 Å². The van der Waals surface area contributed by atoms with Gasteiger partial charge < -0.3 is 0 Å². The van der Waals surface area contributed by atoms with Crippen molar-refractivity contribution in [2.24, 2.45) is 0 Å². The Morgan fingerprint density at radius 1 is 0.700 bits per heavy atom. The molecule has 0 radical (unpaired) electrons. The van der Waals surface area contributed by atoms with E-state index in [4.69, 9.17) is 0 Å². The predicted octanol–water partition coefficient (Wildman–Crippen LogP) is 5.75. The lowest BCUT2D eigenvalue weighted by Gasteiger charge is -2.29. The zero-order chi connectivity index (χ0) is 20.3. The van der Waals surface area contributed by atoms with E-state index in [0.717, 1.165) is 55.0 Å². The second-order valence-electron chi connectivity index (χ2n) is 8.39. The number of piperidine rings is 1. The summed E-state index contributed by atoms with van der Waals surface area (Å²) >= 11 is 0. The summed E-state index contributed by atoms with van der Waals surface area (Å²) < 4.78 is 0. The third-order valence-electron chi connectivity index (χ3n) is 6.42. The van der Waals surface area contributed by atoms with Crippen LogP contribution in [0.3, 0.4) is 0 Å². The largest absolute Gasteiger partial charge is 0.299 e. The average Bonchev–Trinajstić information content (AvgIpc) is 2.97. The fraction of sp³-hybridized carbons (Fsp3) is 0.296. The van der Waals surface area contributed by atoms with Crippen molar-refractivity contribution in [3.8, 4) is 0 Å². The van der Waals surface area contributed by atoms with E-state index >= 15 is 0 Å². The zero-order valence-corrected chi connectivity index (χ0v) is 17.4. The van der Waals surface area contributed by atoms with E-state index in [9.17, 15) is 4.79 Å². The number of hydrogen-bond donors (Lipinski definition) is 0. The third kappa shape index (κ3) is 3.66. The molecule has 2 aliphatic rings. The van der Waals surface area contributed by atoms with E-state index in [2.05, 4.69) is 53.4 Å². The van der Waals surface area contributed by atoms with Crippen LogP contribution in [0, 0.1) is 0 Å². The SMILES string of the molecule is O=C(c1ccccc1CN1CCCCC1)N1c2ccccc2CCc2ccccc21. The van der Waals surface area contributed by atoms with Crippen molar-refractivity contribution in [3.05, 3.63) is 95.1 Å². The molecule has 0 aliphatic carbocycles. The molecule has 0 N–H and O–H groups in total. The highest BCUT2D eigenvalue weighted by atomic mass is 16.2. The molecule has 0 saturated carbocycles. The van der Waals surface area contributed by atoms with Crippen LogP contribution in [0.2, 0.25) is 0 Å². The molecule has 0 bridgehead atoms. The molecule has 0 atom stereocenters. The lowest BCUT2D eigenvalue weighted by molar-refractivity contribution is 0.0996. The van der Waals surface area contributed by atoms with Crippen molar-refractivity contribution < 1.29 is 4.79 Å². The van der Waals surface area contributed by atoms with E-state index < -0.39 is 0 Å². The highest BCUT2D eigenvalue weighted by Gasteiger charge is 2.28. The fourth-order valence-electron chi connectivity index (χ4n) is 4.84. The number of rotatable bonds is 3. The van der Waals surface area contributed by atoms with Crippen LogP contribution in [-0.4, -0.2) is 23.9 Å². The Kier molecular flexibility index (Phi) is 5.37. The molecule has 3 nitrogen and oxygen atoms in total. The van der Waals surface area contributed by atoms with Gasteiger partial charge in [0, 0.05) is 12.1 Å². The molecule has 5 rings (SSSR count). The van der Waals surface area contributed by atoms with Crippen molar-refractivity contribution in [1.29, 1.82) is 0 Å². The number of fused-ring (bicyclic) bond motifs is 2. The fourth-order valence-corrected chi connectivity index (χ4v) is 4.84. The Balaban J connectivity index is 1.57. The van der Waals surface area contributed by atoms with Gasteiger partial charge in [-0.1, -0.05) is 61.0 Å². The minimum Gasteiger partial charge on any atom is -0.299 e. The molecule has 1 saturated heterocycles. The Morgan fingerprint density at radius 3 is 1.93 bits per heavy atom. The molecule has 0 unspecified atom stereocenters. The molecule has 30 heavy (non-hydrogen) atoms. The van der Waals surface area contributed by atoms with Crippen molar-refractivity contribution in [2.45, 2.75) is 38.6 Å². The van der Waals surface area contributed by atoms with Gasteiger partial charge in [-0.2, -0.15) is 0 Å². The zero-order valence-electron chi connectivity index (χ0n) is 17.4. The molecule has 1 fully saturated rings. The summed E-state index contributed by atoms with van der Waals surface area (Å²) in [5.41, 5.74) is 6.43. The van der Waals surface area contributed by atoms with Crippen LogP contribution in [0.25, 0.3) is 0 Å². The third-order valence-corrected chi connectivity index (χ3v) is 6.42. The van der Waals surface area contributed by atoms with Gasteiger partial charge in [-0.05, 0) is 73.7 Å². The van der Waals surface area contributed by atoms with E-state index in [0.29, 0.717) is 0 Å². The molecule has 1 amide bonds. The summed E-state index contributed by atoms with van der Waals surface area (Å²) in [4.78, 5) is 18.5. The maximum Gasteiger partial charge on any atom is 0.263 e. The Labute approximate surface area is 178 Å². The van der Waals surface area contributed by atoms with E-state index in [-0.39, 0.29) is 5.91 Å². The maximum absolute atomic E-state index is 14.0. The summed E-state index contributed by atoms with van der Waals surface area (Å²) in [5, 5.41) is 0. The Hall–Kier alpha value is -2.91. The van der Waals surface area contributed by atoms with Crippen LogP contribution in [0.4, 0.5) is 11.4 Å². The van der Waals surface area contributed by atoms with Gasteiger partial charge in [-0.3, -0.25) is 14.6 Å². The van der Waals surface area contributed by atoms with E-state index in [1.54, 1.807) is 0 Å². The Bertz CT molecular complexity index is 1000. The first-order chi connectivity index (χ1) is 14.8. The smallest absolute Gasteiger partial charge is 0.263 e. The van der Waals surface area contributed by atoms with Gasteiger partial charge in [0.25, 0.3) is 5.91 Å². The molecule has 3 aromatic rings.